The van der Waals surface area contributed by atoms with Gasteiger partial charge in [-0.05, 0) is 12.9 Å². The maximum atomic E-state index is 5.87. The van der Waals surface area contributed by atoms with Crippen molar-refractivity contribution in [2.24, 2.45) is 0 Å². The van der Waals surface area contributed by atoms with Crippen molar-refractivity contribution in [1.82, 2.24) is 9.97 Å². The monoisotopic (exact) mass is 179 g/mol. The van der Waals surface area contributed by atoms with E-state index in [1.165, 1.54) is 6.33 Å². The summed E-state index contributed by atoms with van der Waals surface area (Å²) in [4.78, 5) is 10.0. The molecule has 0 saturated carbocycles. The Balaban J connectivity index is 2.46. The lowest BCUT2D eigenvalue weighted by Crippen LogP contribution is -2.22. The summed E-state index contributed by atoms with van der Waals surface area (Å²) in [7, 11) is 5.52. The molecule has 0 aromatic carbocycles. The third-order valence-corrected chi connectivity index (χ3v) is 2.35. The van der Waals surface area contributed by atoms with E-state index in [9.17, 15) is 0 Å². The van der Waals surface area contributed by atoms with Gasteiger partial charge in [-0.1, -0.05) is 11.6 Å². The number of rotatable bonds is 1. The zero-order valence-corrected chi connectivity index (χ0v) is 7.25. The normalized spacial score (nSPS) is 14.9. The Morgan fingerprint density at radius 3 is 3.17 bits per heavy atom. The van der Waals surface area contributed by atoms with Gasteiger partial charge in [-0.25, -0.2) is 9.97 Å². The molecule has 5 heteroatoms. The van der Waals surface area contributed by atoms with E-state index in [0.29, 0.717) is 11.6 Å². The zero-order valence-electron chi connectivity index (χ0n) is 6.50. The molecular formula is C7H7BClN3. The van der Waals surface area contributed by atoms with Crippen LogP contribution in [0, 0.1) is 0 Å². The standard InChI is InChI=1S/C7H7BClN3/c8-3-12-2-1-5-6(9)10-4-11-7(5)12/h4H,1-3H2. The third kappa shape index (κ3) is 1.07. The van der Waals surface area contributed by atoms with Gasteiger partial charge in [0, 0.05) is 12.1 Å². The zero-order chi connectivity index (χ0) is 8.55. The minimum atomic E-state index is 0.486. The van der Waals surface area contributed by atoms with Crippen molar-refractivity contribution in [3.8, 4) is 0 Å². The molecule has 0 atom stereocenters. The molecule has 0 saturated heterocycles. The van der Waals surface area contributed by atoms with Crippen LogP contribution in [0.25, 0.3) is 0 Å². The molecule has 1 aromatic rings. The molecule has 1 aliphatic heterocycles. The molecule has 2 rings (SSSR count). The predicted octanol–water partition coefficient (Wildman–Crippen LogP) is 0.619. The van der Waals surface area contributed by atoms with Crippen molar-refractivity contribution >= 4 is 25.3 Å². The molecule has 12 heavy (non-hydrogen) atoms. The molecule has 0 N–H and O–H groups in total. The Morgan fingerprint density at radius 2 is 2.42 bits per heavy atom. The molecule has 1 aromatic heterocycles. The highest BCUT2D eigenvalue weighted by Gasteiger charge is 2.21. The van der Waals surface area contributed by atoms with Crippen molar-refractivity contribution in [3.05, 3.63) is 17.0 Å². The predicted molar refractivity (Wildman–Crippen MR) is 48.7 cm³/mol. The highest BCUT2D eigenvalue weighted by atomic mass is 35.5. The summed E-state index contributed by atoms with van der Waals surface area (Å²) < 4.78 is 0. The second kappa shape index (κ2) is 2.94. The van der Waals surface area contributed by atoms with Gasteiger partial charge in [0.1, 0.15) is 17.3 Å². The maximum Gasteiger partial charge on any atom is 0.137 e. The molecule has 2 radical (unpaired) electrons. The second-order valence-corrected chi connectivity index (χ2v) is 3.02. The van der Waals surface area contributed by atoms with Crippen LogP contribution in [0.1, 0.15) is 5.56 Å². The number of nitrogens with zero attached hydrogens (tertiary/aromatic N) is 3. The van der Waals surface area contributed by atoms with E-state index >= 15 is 0 Å². The third-order valence-electron chi connectivity index (χ3n) is 2.02. The van der Waals surface area contributed by atoms with Crippen molar-refractivity contribution < 1.29 is 0 Å². The summed E-state index contributed by atoms with van der Waals surface area (Å²) in [5, 5.41) is 0.552. The van der Waals surface area contributed by atoms with Gasteiger partial charge < -0.3 is 4.90 Å². The molecule has 60 valence electrons. The van der Waals surface area contributed by atoms with Crippen molar-refractivity contribution in [2.45, 2.75) is 6.42 Å². The Bertz CT molecular complexity index is 305. The lowest BCUT2D eigenvalue weighted by atomic mass is 10.1. The van der Waals surface area contributed by atoms with E-state index in [-0.39, 0.29) is 0 Å². The van der Waals surface area contributed by atoms with Crippen LogP contribution in [0.15, 0.2) is 6.33 Å². The molecule has 0 spiro atoms. The Morgan fingerprint density at radius 1 is 1.58 bits per heavy atom. The van der Waals surface area contributed by atoms with Gasteiger partial charge in [0.2, 0.25) is 0 Å². The van der Waals surface area contributed by atoms with Crippen LogP contribution < -0.4 is 4.90 Å². The molecule has 3 nitrogen and oxygen atoms in total. The highest BCUT2D eigenvalue weighted by Crippen LogP contribution is 2.28. The van der Waals surface area contributed by atoms with Crippen LogP contribution in [0.5, 0.6) is 0 Å². The van der Waals surface area contributed by atoms with Crippen LogP contribution in [0.2, 0.25) is 5.15 Å². The lowest BCUT2D eigenvalue weighted by Gasteiger charge is -2.14. The molecule has 0 fully saturated rings. The van der Waals surface area contributed by atoms with Gasteiger partial charge in [-0.2, -0.15) is 0 Å². The van der Waals surface area contributed by atoms with E-state index in [1.807, 2.05) is 4.90 Å². The molecule has 0 bridgehead atoms. The fourth-order valence-electron chi connectivity index (χ4n) is 1.40. The van der Waals surface area contributed by atoms with E-state index in [4.69, 9.17) is 19.4 Å². The summed E-state index contributed by atoms with van der Waals surface area (Å²) in [5.74, 6) is 0.887. The number of anilines is 1. The summed E-state index contributed by atoms with van der Waals surface area (Å²) in [6.45, 7) is 0.893. The Hall–Kier alpha value is -0.765. The van der Waals surface area contributed by atoms with Gasteiger partial charge in [0.05, 0.1) is 7.85 Å². The molecular weight excluding hydrogens is 172 g/mol. The summed E-state index contributed by atoms with van der Waals surface area (Å²) in [6.07, 6.45) is 2.85. The highest BCUT2D eigenvalue weighted by molar-refractivity contribution is 6.30. The van der Waals surface area contributed by atoms with Gasteiger partial charge in [-0.3, -0.25) is 0 Å². The first-order valence-electron chi connectivity index (χ1n) is 3.77. The van der Waals surface area contributed by atoms with E-state index in [0.717, 1.165) is 24.3 Å². The van der Waals surface area contributed by atoms with Crippen molar-refractivity contribution in [2.75, 3.05) is 17.9 Å². The second-order valence-electron chi connectivity index (χ2n) is 2.66. The average Bonchev–Trinajstić information content (AvgIpc) is 2.49. The lowest BCUT2D eigenvalue weighted by molar-refractivity contribution is 0.922. The molecule has 0 unspecified atom stereocenters. The fourth-order valence-corrected chi connectivity index (χ4v) is 1.62. The number of hydrogen-bond donors (Lipinski definition) is 0. The quantitative estimate of drug-likeness (QED) is 0.467. The van der Waals surface area contributed by atoms with Gasteiger partial charge >= 0.3 is 0 Å². The minimum Gasteiger partial charge on any atom is -0.365 e. The SMILES string of the molecule is [B]CN1CCc2c(Cl)ncnc21. The van der Waals surface area contributed by atoms with Gasteiger partial charge in [0.15, 0.2) is 0 Å². The molecule has 0 amide bonds. The van der Waals surface area contributed by atoms with Gasteiger partial charge in [-0.15, -0.1) is 0 Å². The minimum absolute atomic E-state index is 0.486. The number of halogens is 1. The fraction of sp³-hybridized carbons (Fsp3) is 0.429. The number of hydrogen-bond acceptors (Lipinski definition) is 3. The summed E-state index contributed by atoms with van der Waals surface area (Å²) in [5.41, 5.74) is 1.02. The Labute approximate surface area is 77.2 Å². The van der Waals surface area contributed by atoms with E-state index in [2.05, 4.69) is 9.97 Å². The Kier molecular flexibility index (Phi) is 1.93. The first kappa shape index (κ1) is 7.86. The van der Waals surface area contributed by atoms with E-state index in [1.54, 1.807) is 0 Å². The van der Waals surface area contributed by atoms with Gasteiger partial charge in [0.25, 0.3) is 0 Å². The smallest absolute Gasteiger partial charge is 0.137 e. The van der Waals surface area contributed by atoms with Crippen LogP contribution in [0.3, 0.4) is 0 Å². The maximum absolute atomic E-state index is 5.87. The van der Waals surface area contributed by atoms with Crippen LogP contribution >= 0.6 is 11.6 Å². The summed E-state index contributed by atoms with van der Waals surface area (Å²) in [6, 6.07) is 0. The molecule has 2 heterocycles. The van der Waals surface area contributed by atoms with Crippen LogP contribution in [-0.4, -0.2) is 30.8 Å². The van der Waals surface area contributed by atoms with Crippen LogP contribution in [0.4, 0.5) is 5.82 Å². The summed E-state index contributed by atoms with van der Waals surface area (Å²) >= 11 is 5.87. The largest absolute Gasteiger partial charge is 0.365 e. The van der Waals surface area contributed by atoms with E-state index < -0.39 is 0 Å². The first-order chi connectivity index (χ1) is 5.83. The van der Waals surface area contributed by atoms with Crippen molar-refractivity contribution in [1.29, 1.82) is 0 Å². The first-order valence-corrected chi connectivity index (χ1v) is 4.15. The average molecular weight is 179 g/mol. The molecule has 0 aliphatic carbocycles. The van der Waals surface area contributed by atoms with Crippen molar-refractivity contribution in [3.63, 3.8) is 0 Å². The number of aromatic nitrogens is 2. The topological polar surface area (TPSA) is 29.0 Å². The number of fused-ring (bicyclic) bond motifs is 1. The molecule has 1 aliphatic rings. The van der Waals surface area contributed by atoms with Crippen LogP contribution in [-0.2, 0) is 6.42 Å².